The van der Waals surface area contributed by atoms with Crippen molar-refractivity contribution in [2.24, 2.45) is 0 Å². The Morgan fingerprint density at radius 1 is 0.667 bits per heavy atom. The van der Waals surface area contributed by atoms with E-state index in [4.69, 9.17) is 16.3 Å². The first-order chi connectivity index (χ1) is 13.4. The summed E-state index contributed by atoms with van der Waals surface area (Å²) in [4.78, 5) is 0. The maximum absolute atomic E-state index is 5.39. The Morgan fingerprint density at radius 2 is 1.11 bits per heavy atom. The van der Waals surface area contributed by atoms with E-state index in [0.717, 1.165) is 18.8 Å². The minimum atomic E-state index is -0.446. The van der Waals surface area contributed by atoms with Gasteiger partial charge in [-0.2, -0.15) is 0 Å². The molecule has 0 radical (unpaired) electrons. The van der Waals surface area contributed by atoms with E-state index in [1.807, 2.05) is 0 Å². The van der Waals surface area contributed by atoms with E-state index in [0.29, 0.717) is 0 Å². The Labute approximate surface area is 168 Å². The predicted octanol–water partition coefficient (Wildman–Crippen LogP) is 5.71. The van der Waals surface area contributed by atoms with Crippen LogP contribution in [0.5, 0.6) is 0 Å². The maximum Gasteiger partial charge on any atom is 0.107 e. The quantitative estimate of drug-likeness (QED) is 0.517. The van der Waals surface area contributed by atoms with Crippen molar-refractivity contribution < 1.29 is 4.74 Å². The molecule has 1 aliphatic heterocycles. The van der Waals surface area contributed by atoms with Gasteiger partial charge in [0.2, 0.25) is 0 Å². The van der Waals surface area contributed by atoms with Crippen LogP contribution in [-0.4, -0.2) is 6.61 Å². The second kappa shape index (κ2) is 10.9. The standard InChI is InChI=1S/C18H15P.C6H9ClO/c1-4-10-16(11-5-1)19(17-12-6-2-7-13-17)18-14-8-3-9-15-18;7-5-6-3-1-2-4-8-6/h1-15H;5H,1-4H2/b;6-5+. The number of benzene rings is 3. The summed E-state index contributed by atoms with van der Waals surface area (Å²) in [5.74, 6) is 0.943. The smallest absolute Gasteiger partial charge is 0.107 e. The number of rotatable bonds is 3. The van der Waals surface area contributed by atoms with Crippen molar-refractivity contribution in [2.75, 3.05) is 6.61 Å². The van der Waals surface area contributed by atoms with E-state index in [2.05, 4.69) is 91.0 Å². The lowest BCUT2D eigenvalue weighted by molar-refractivity contribution is 0.167. The molecular formula is C24H24ClOP. The topological polar surface area (TPSA) is 9.23 Å². The van der Waals surface area contributed by atoms with Crippen LogP contribution in [0.3, 0.4) is 0 Å². The molecule has 0 spiro atoms. The molecule has 0 aromatic heterocycles. The van der Waals surface area contributed by atoms with Crippen molar-refractivity contribution in [3.8, 4) is 0 Å². The fourth-order valence-corrected chi connectivity index (χ4v) is 5.42. The molecule has 0 aliphatic carbocycles. The van der Waals surface area contributed by atoms with Crippen LogP contribution in [0.4, 0.5) is 0 Å². The predicted molar refractivity (Wildman–Crippen MR) is 119 cm³/mol. The van der Waals surface area contributed by atoms with Gasteiger partial charge in [0.1, 0.15) is 5.76 Å². The van der Waals surface area contributed by atoms with Gasteiger partial charge < -0.3 is 4.74 Å². The molecule has 1 heterocycles. The summed E-state index contributed by atoms with van der Waals surface area (Å²) >= 11 is 5.39. The highest BCUT2D eigenvalue weighted by atomic mass is 35.5. The van der Waals surface area contributed by atoms with Crippen molar-refractivity contribution in [2.45, 2.75) is 19.3 Å². The zero-order valence-electron chi connectivity index (χ0n) is 15.3. The lowest BCUT2D eigenvalue weighted by atomic mass is 10.2. The molecule has 3 aromatic rings. The summed E-state index contributed by atoms with van der Waals surface area (Å²) in [5, 5.41) is 4.19. The van der Waals surface area contributed by atoms with Crippen LogP contribution in [-0.2, 0) is 4.74 Å². The molecule has 0 atom stereocenters. The second-order valence-electron chi connectivity index (χ2n) is 6.22. The van der Waals surface area contributed by atoms with Crippen molar-refractivity contribution in [1.82, 2.24) is 0 Å². The van der Waals surface area contributed by atoms with Crippen molar-refractivity contribution in [3.63, 3.8) is 0 Å². The van der Waals surface area contributed by atoms with Crippen molar-refractivity contribution in [1.29, 1.82) is 0 Å². The number of allylic oxidation sites excluding steroid dienone is 1. The molecule has 0 unspecified atom stereocenters. The lowest BCUT2D eigenvalue weighted by Crippen LogP contribution is -2.20. The van der Waals surface area contributed by atoms with Crippen LogP contribution >= 0.6 is 19.5 Å². The largest absolute Gasteiger partial charge is 0.497 e. The molecule has 1 saturated heterocycles. The van der Waals surface area contributed by atoms with E-state index < -0.39 is 7.92 Å². The minimum Gasteiger partial charge on any atom is -0.497 e. The van der Waals surface area contributed by atoms with Gasteiger partial charge in [-0.1, -0.05) is 103 Å². The Kier molecular flexibility index (Phi) is 7.96. The van der Waals surface area contributed by atoms with Crippen LogP contribution in [0.25, 0.3) is 0 Å². The second-order valence-corrected chi connectivity index (χ2v) is 8.66. The van der Waals surface area contributed by atoms with Gasteiger partial charge in [-0.3, -0.25) is 0 Å². The van der Waals surface area contributed by atoms with Gasteiger partial charge in [0.05, 0.1) is 6.61 Å². The van der Waals surface area contributed by atoms with E-state index in [9.17, 15) is 0 Å². The van der Waals surface area contributed by atoms with E-state index in [1.54, 1.807) is 0 Å². The maximum atomic E-state index is 5.39. The van der Waals surface area contributed by atoms with Gasteiger partial charge in [-0.05, 0) is 36.7 Å². The molecule has 138 valence electrons. The third-order valence-electron chi connectivity index (χ3n) is 4.27. The SMILES string of the molecule is Cl/C=C1\CCCCO1.c1ccc(P(c2ccccc2)c2ccccc2)cc1. The monoisotopic (exact) mass is 394 g/mol. The van der Waals surface area contributed by atoms with E-state index in [1.165, 1.54) is 34.3 Å². The van der Waals surface area contributed by atoms with Crippen LogP contribution < -0.4 is 15.9 Å². The molecule has 0 saturated carbocycles. The highest BCUT2D eigenvalue weighted by Crippen LogP contribution is 2.32. The molecule has 1 aliphatic rings. The zero-order valence-corrected chi connectivity index (χ0v) is 16.9. The minimum absolute atomic E-state index is 0.446. The highest BCUT2D eigenvalue weighted by Gasteiger charge is 2.14. The first-order valence-corrected chi connectivity index (χ1v) is 11.0. The van der Waals surface area contributed by atoms with Crippen molar-refractivity contribution in [3.05, 3.63) is 102 Å². The van der Waals surface area contributed by atoms with Gasteiger partial charge in [0.25, 0.3) is 0 Å². The molecule has 1 fully saturated rings. The first-order valence-electron chi connectivity index (χ1n) is 9.26. The summed E-state index contributed by atoms with van der Waals surface area (Å²) in [6.07, 6.45) is 3.41. The summed E-state index contributed by atoms with van der Waals surface area (Å²) in [6, 6.07) is 32.3. The Hall–Kier alpha value is -2.08. The number of halogens is 1. The lowest BCUT2D eigenvalue weighted by Gasteiger charge is -2.18. The van der Waals surface area contributed by atoms with Crippen LogP contribution in [0, 0.1) is 0 Å². The average molecular weight is 395 g/mol. The molecule has 3 aromatic carbocycles. The third-order valence-corrected chi connectivity index (χ3v) is 6.96. The number of hydrogen-bond acceptors (Lipinski definition) is 1. The molecule has 0 bridgehead atoms. The fraction of sp³-hybridized carbons (Fsp3) is 0.167. The van der Waals surface area contributed by atoms with Gasteiger partial charge in [0, 0.05) is 12.0 Å². The van der Waals surface area contributed by atoms with Crippen LogP contribution in [0.1, 0.15) is 19.3 Å². The third kappa shape index (κ3) is 5.96. The van der Waals surface area contributed by atoms with Gasteiger partial charge in [-0.25, -0.2) is 0 Å². The highest BCUT2D eigenvalue weighted by molar-refractivity contribution is 7.79. The van der Waals surface area contributed by atoms with E-state index >= 15 is 0 Å². The summed E-state index contributed by atoms with van der Waals surface area (Å²) in [7, 11) is -0.446. The summed E-state index contributed by atoms with van der Waals surface area (Å²) < 4.78 is 5.16. The molecule has 0 N–H and O–H groups in total. The molecule has 0 amide bonds. The van der Waals surface area contributed by atoms with E-state index in [-0.39, 0.29) is 0 Å². The molecule has 1 nitrogen and oxygen atoms in total. The Bertz CT molecular complexity index is 717. The van der Waals surface area contributed by atoms with Gasteiger partial charge in [0.15, 0.2) is 0 Å². The van der Waals surface area contributed by atoms with Crippen LogP contribution in [0.2, 0.25) is 0 Å². The van der Waals surface area contributed by atoms with Gasteiger partial charge in [-0.15, -0.1) is 0 Å². The van der Waals surface area contributed by atoms with Crippen LogP contribution in [0.15, 0.2) is 102 Å². The normalized spacial score (nSPS) is 15.0. The molecular weight excluding hydrogens is 371 g/mol. The zero-order chi connectivity index (χ0) is 18.7. The molecule has 27 heavy (non-hydrogen) atoms. The average Bonchev–Trinajstić information content (AvgIpc) is 2.77. The summed E-state index contributed by atoms with van der Waals surface area (Å²) in [6.45, 7) is 0.846. The number of ether oxygens (including phenoxy) is 1. The summed E-state index contributed by atoms with van der Waals surface area (Å²) in [5.41, 5.74) is 1.53. The molecule has 4 rings (SSSR count). The number of hydrogen-bond donors (Lipinski definition) is 0. The Morgan fingerprint density at radius 3 is 1.41 bits per heavy atom. The van der Waals surface area contributed by atoms with Crippen molar-refractivity contribution >= 4 is 35.4 Å². The first kappa shape index (κ1) is 19.7. The molecule has 3 heteroatoms. The van der Waals surface area contributed by atoms with Gasteiger partial charge >= 0.3 is 0 Å². The Balaban J connectivity index is 0.000000221. The fourth-order valence-electron chi connectivity index (χ4n) is 2.94.